The predicted molar refractivity (Wildman–Crippen MR) is 71.9 cm³/mol. The Balaban J connectivity index is 2.13. The van der Waals surface area contributed by atoms with Crippen LogP contribution in [0.1, 0.15) is 21.6 Å². The molecule has 2 rings (SSSR count). The first-order valence-electron chi connectivity index (χ1n) is 5.61. The molecule has 4 nitrogen and oxygen atoms in total. The molecule has 1 aromatic carbocycles. The molecular weight excluding hydrogens is 279 g/mol. The van der Waals surface area contributed by atoms with Gasteiger partial charge in [0.2, 0.25) is 0 Å². The number of thioether (sulfide) groups is 1. The van der Waals surface area contributed by atoms with Crippen LogP contribution in [0.5, 0.6) is 0 Å². The van der Waals surface area contributed by atoms with Crippen LogP contribution in [0.25, 0.3) is 0 Å². The molecule has 1 N–H and O–H groups in total. The van der Waals surface area contributed by atoms with Gasteiger partial charge < -0.3 is 5.11 Å². The highest BCUT2D eigenvalue weighted by atomic mass is 32.2. The van der Waals surface area contributed by atoms with E-state index in [0.29, 0.717) is 16.3 Å². The summed E-state index contributed by atoms with van der Waals surface area (Å²) < 4.78 is 13.2. The Bertz CT molecular complexity index is 698. The van der Waals surface area contributed by atoms with Crippen molar-refractivity contribution in [2.24, 2.45) is 0 Å². The van der Waals surface area contributed by atoms with E-state index in [4.69, 9.17) is 10.4 Å². The third-order valence-electron chi connectivity index (χ3n) is 2.51. The molecule has 0 amide bonds. The second kappa shape index (κ2) is 6.17. The number of nitriles is 1. The number of benzene rings is 1. The fraction of sp³-hybridized carbons (Fsp3) is 0.0714. The highest BCUT2D eigenvalue weighted by Crippen LogP contribution is 2.25. The van der Waals surface area contributed by atoms with Gasteiger partial charge in [0.1, 0.15) is 17.6 Å². The lowest BCUT2D eigenvalue weighted by Gasteiger charge is -2.04. The summed E-state index contributed by atoms with van der Waals surface area (Å²) in [5, 5.41) is 17.6. The van der Waals surface area contributed by atoms with Gasteiger partial charge in [-0.1, -0.05) is 0 Å². The van der Waals surface area contributed by atoms with Crippen molar-refractivity contribution in [3.05, 3.63) is 59.2 Å². The number of aromatic carboxylic acids is 1. The van der Waals surface area contributed by atoms with Gasteiger partial charge in [0.15, 0.2) is 0 Å². The maximum atomic E-state index is 13.2. The molecule has 0 aliphatic carbocycles. The molecule has 0 aliphatic rings. The van der Waals surface area contributed by atoms with Crippen molar-refractivity contribution in [2.75, 3.05) is 0 Å². The Hall–Kier alpha value is -2.39. The number of nitrogens with zero attached hydrogens (tertiary/aromatic N) is 2. The van der Waals surface area contributed by atoms with Crippen molar-refractivity contribution in [3.8, 4) is 6.07 Å². The molecule has 0 spiro atoms. The van der Waals surface area contributed by atoms with Crippen LogP contribution in [0.2, 0.25) is 0 Å². The number of aromatic nitrogens is 1. The van der Waals surface area contributed by atoms with E-state index in [1.54, 1.807) is 18.3 Å². The molecule has 100 valence electrons. The fourth-order valence-corrected chi connectivity index (χ4v) is 2.43. The van der Waals surface area contributed by atoms with Crippen LogP contribution in [0.3, 0.4) is 0 Å². The smallest absolute Gasteiger partial charge is 0.338 e. The Labute approximate surface area is 118 Å². The summed E-state index contributed by atoms with van der Waals surface area (Å²) in [6.45, 7) is 0. The van der Waals surface area contributed by atoms with Gasteiger partial charge in [0, 0.05) is 16.8 Å². The van der Waals surface area contributed by atoms with E-state index in [1.165, 1.54) is 23.9 Å². The number of hydrogen-bond acceptors (Lipinski definition) is 4. The third-order valence-corrected chi connectivity index (χ3v) is 3.58. The van der Waals surface area contributed by atoms with Crippen LogP contribution in [-0.2, 0) is 5.75 Å². The number of carbonyl (C=O) groups is 1. The molecule has 0 saturated heterocycles. The van der Waals surface area contributed by atoms with Crippen molar-refractivity contribution >= 4 is 17.7 Å². The van der Waals surface area contributed by atoms with Gasteiger partial charge in [0.25, 0.3) is 0 Å². The zero-order valence-electron chi connectivity index (χ0n) is 10.2. The van der Waals surface area contributed by atoms with Crippen LogP contribution >= 0.6 is 11.8 Å². The molecule has 20 heavy (non-hydrogen) atoms. The lowest BCUT2D eigenvalue weighted by Crippen LogP contribution is -2.00. The van der Waals surface area contributed by atoms with Crippen molar-refractivity contribution < 1.29 is 14.3 Å². The number of carboxylic acid groups (broad SMARTS) is 1. The largest absolute Gasteiger partial charge is 0.478 e. The third kappa shape index (κ3) is 3.33. The van der Waals surface area contributed by atoms with E-state index in [-0.39, 0.29) is 5.56 Å². The molecule has 0 fully saturated rings. The molecule has 0 unspecified atom stereocenters. The average Bonchev–Trinajstić information content (AvgIpc) is 2.46. The molecule has 0 saturated carbocycles. The summed E-state index contributed by atoms with van der Waals surface area (Å²) in [5.74, 6) is -1.50. The minimum absolute atomic E-state index is 0.327. The van der Waals surface area contributed by atoms with Gasteiger partial charge >= 0.3 is 5.97 Å². The Kier molecular flexibility index (Phi) is 4.33. The first-order chi connectivity index (χ1) is 9.60. The van der Waals surface area contributed by atoms with Gasteiger partial charge in [-0.3, -0.25) is 0 Å². The quantitative estimate of drug-likeness (QED) is 0.875. The minimum Gasteiger partial charge on any atom is -0.478 e. The second-order valence-electron chi connectivity index (χ2n) is 3.90. The van der Waals surface area contributed by atoms with Crippen molar-refractivity contribution in [2.45, 2.75) is 10.6 Å². The average molecular weight is 288 g/mol. The number of carboxylic acids is 1. The van der Waals surface area contributed by atoms with Crippen LogP contribution in [0.15, 0.2) is 41.4 Å². The van der Waals surface area contributed by atoms with Crippen molar-refractivity contribution in [3.63, 3.8) is 0 Å². The standard InChI is InChI=1S/C14H9FN2O2S/c15-13-2-1-11(6-12(13)14(18)19)20-8-9-3-4-17-10(5-9)7-16/h1-6H,8H2,(H,18,19). The Morgan fingerprint density at radius 1 is 1.40 bits per heavy atom. The molecule has 1 heterocycles. The van der Waals surface area contributed by atoms with Gasteiger partial charge in [-0.05, 0) is 35.9 Å². The molecule has 0 atom stereocenters. The first-order valence-corrected chi connectivity index (χ1v) is 6.59. The van der Waals surface area contributed by atoms with E-state index in [9.17, 15) is 9.18 Å². The fourth-order valence-electron chi connectivity index (χ4n) is 1.55. The summed E-state index contributed by atoms with van der Waals surface area (Å²) in [7, 11) is 0. The van der Waals surface area contributed by atoms with Crippen LogP contribution in [-0.4, -0.2) is 16.1 Å². The lowest BCUT2D eigenvalue weighted by atomic mass is 10.2. The topological polar surface area (TPSA) is 74.0 Å². The van der Waals surface area contributed by atoms with Crippen molar-refractivity contribution in [1.29, 1.82) is 5.26 Å². The van der Waals surface area contributed by atoms with E-state index in [0.717, 1.165) is 11.6 Å². The van der Waals surface area contributed by atoms with Gasteiger partial charge in [0.05, 0.1) is 5.56 Å². The van der Waals surface area contributed by atoms with Crippen LogP contribution in [0, 0.1) is 17.1 Å². The molecule has 2 aromatic rings. The summed E-state index contributed by atoms with van der Waals surface area (Å²) in [6, 6.07) is 9.35. The predicted octanol–water partition coefficient (Wildman–Crippen LogP) is 3.08. The number of hydrogen-bond donors (Lipinski definition) is 1. The summed E-state index contributed by atoms with van der Waals surface area (Å²) in [4.78, 5) is 15.4. The van der Waals surface area contributed by atoms with E-state index >= 15 is 0 Å². The molecule has 0 radical (unpaired) electrons. The molecule has 1 aromatic heterocycles. The normalized spacial score (nSPS) is 10.0. The molecule has 0 aliphatic heterocycles. The molecule has 0 bridgehead atoms. The summed E-state index contributed by atoms with van der Waals surface area (Å²) in [6.07, 6.45) is 1.54. The maximum absolute atomic E-state index is 13.2. The van der Waals surface area contributed by atoms with Crippen molar-refractivity contribution in [1.82, 2.24) is 4.98 Å². The second-order valence-corrected chi connectivity index (χ2v) is 4.95. The zero-order valence-corrected chi connectivity index (χ0v) is 11.0. The van der Waals surface area contributed by atoms with E-state index in [2.05, 4.69) is 4.98 Å². The van der Waals surface area contributed by atoms with Gasteiger partial charge in [-0.15, -0.1) is 11.8 Å². The lowest BCUT2D eigenvalue weighted by molar-refractivity contribution is 0.0691. The zero-order chi connectivity index (χ0) is 14.5. The van der Waals surface area contributed by atoms with E-state index < -0.39 is 11.8 Å². The Morgan fingerprint density at radius 3 is 2.90 bits per heavy atom. The summed E-state index contributed by atoms with van der Waals surface area (Å²) >= 11 is 1.37. The highest BCUT2D eigenvalue weighted by Gasteiger charge is 2.11. The number of halogens is 1. The monoisotopic (exact) mass is 288 g/mol. The summed E-state index contributed by atoms with van der Waals surface area (Å²) in [5.41, 5.74) is 0.874. The first kappa shape index (κ1) is 14.0. The van der Waals surface area contributed by atoms with Gasteiger partial charge in [-0.2, -0.15) is 5.26 Å². The highest BCUT2D eigenvalue weighted by molar-refractivity contribution is 7.98. The number of pyridine rings is 1. The van der Waals surface area contributed by atoms with Crippen LogP contribution < -0.4 is 0 Å². The number of rotatable bonds is 4. The maximum Gasteiger partial charge on any atom is 0.338 e. The minimum atomic E-state index is -1.29. The SMILES string of the molecule is N#Cc1cc(CSc2ccc(F)c(C(=O)O)c2)ccn1. The molecule has 6 heteroatoms. The molecular formula is C14H9FN2O2S. The Morgan fingerprint density at radius 2 is 2.20 bits per heavy atom. The van der Waals surface area contributed by atoms with Crippen LogP contribution in [0.4, 0.5) is 4.39 Å². The van der Waals surface area contributed by atoms with Gasteiger partial charge in [-0.25, -0.2) is 14.2 Å². The van der Waals surface area contributed by atoms with E-state index in [1.807, 2.05) is 6.07 Å².